The average molecular weight is 353 g/mol. The molecule has 7 heteroatoms. The van der Waals surface area contributed by atoms with Gasteiger partial charge in [-0.15, -0.1) is 0 Å². The molecule has 2 aromatic carbocycles. The summed E-state index contributed by atoms with van der Waals surface area (Å²) in [4.78, 5) is 36.6. The van der Waals surface area contributed by atoms with Crippen molar-refractivity contribution in [3.8, 4) is 5.75 Å². The normalized spacial score (nSPS) is 16.0. The van der Waals surface area contributed by atoms with Crippen molar-refractivity contribution in [2.75, 3.05) is 17.7 Å². The smallest absolute Gasteiger partial charge is 0.254 e. The fourth-order valence-corrected chi connectivity index (χ4v) is 2.69. The molecule has 1 heterocycles. The molecule has 7 nitrogen and oxygen atoms in total. The van der Waals surface area contributed by atoms with Gasteiger partial charge in [-0.25, -0.2) is 0 Å². The maximum atomic E-state index is 12.3. The van der Waals surface area contributed by atoms with E-state index in [0.29, 0.717) is 22.7 Å². The van der Waals surface area contributed by atoms with Crippen molar-refractivity contribution in [2.45, 2.75) is 18.9 Å². The van der Waals surface area contributed by atoms with Crippen LogP contribution in [-0.4, -0.2) is 30.9 Å². The third kappa shape index (κ3) is 4.00. The molecule has 0 aliphatic carbocycles. The number of methoxy groups -OCH3 is 1. The van der Waals surface area contributed by atoms with E-state index in [1.807, 2.05) is 0 Å². The Hall–Kier alpha value is -3.35. The quantitative estimate of drug-likeness (QED) is 0.767. The molecule has 0 saturated carbocycles. The maximum Gasteiger partial charge on any atom is 0.254 e. The van der Waals surface area contributed by atoms with Crippen LogP contribution < -0.4 is 20.7 Å². The number of hydrogen-bond donors (Lipinski definition) is 3. The second-order valence-corrected chi connectivity index (χ2v) is 5.88. The van der Waals surface area contributed by atoms with Crippen molar-refractivity contribution in [3.63, 3.8) is 0 Å². The summed E-state index contributed by atoms with van der Waals surface area (Å²) in [6.07, 6.45) is 0.300. The van der Waals surface area contributed by atoms with Gasteiger partial charge >= 0.3 is 0 Å². The fourth-order valence-electron chi connectivity index (χ4n) is 2.69. The van der Waals surface area contributed by atoms with Crippen molar-refractivity contribution in [3.05, 3.63) is 54.1 Å². The molecule has 2 aromatic rings. The van der Waals surface area contributed by atoms with Crippen LogP contribution in [-0.2, 0) is 9.59 Å². The van der Waals surface area contributed by atoms with Crippen LogP contribution in [0, 0.1) is 0 Å². The molecule has 0 bridgehead atoms. The van der Waals surface area contributed by atoms with Crippen LogP contribution in [0.25, 0.3) is 0 Å². The van der Waals surface area contributed by atoms with Gasteiger partial charge in [-0.1, -0.05) is 12.1 Å². The number of rotatable bonds is 5. The number of anilines is 2. The Morgan fingerprint density at radius 1 is 1.12 bits per heavy atom. The zero-order chi connectivity index (χ0) is 18.5. The van der Waals surface area contributed by atoms with Gasteiger partial charge in [-0.2, -0.15) is 0 Å². The zero-order valence-corrected chi connectivity index (χ0v) is 14.2. The summed E-state index contributed by atoms with van der Waals surface area (Å²) in [5, 5.41) is 8.15. The van der Waals surface area contributed by atoms with E-state index in [0.717, 1.165) is 0 Å². The van der Waals surface area contributed by atoms with Gasteiger partial charge in [0.2, 0.25) is 11.8 Å². The Morgan fingerprint density at radius 2 is 1.85 bits per heavy atom. The molecule has 1 aliphatic rings. The number of ether oxygens (including phenoxy) is 1. The first-order valence-electron chi connectivity index (χ1n) is 8.21. The highest BCUT2D eigenvalue weighted by atomic mass is 16.5. The molecule has 3 N–H and O–H groups in total. The molecule has 0 unspecified atom stereocenters. The van der Waals surface area contributed by atoms with Gasteiger partial charge in [-0.05, 0) is 42.8 Å². The Balaban J connectivity index is 1.58. The van der Waals surface area contributed by atoms with Gasteiger partial charge in [0.15, 0.2) is 0 Å². The highest BCUT2D eigenvalue weighted by Gasteiger charge is 2.27. The molecule has 0 fully saturated rings. The highest BCUT2D eigenvalue weighted by Crippen LogP contribution is 2.20. The molecule has 26 heavy (non-hydrogen) atoms. The van der Waals surface area contributed by atoms with E-state index in [4.69, 9.17) is 4.74 Å². The number of para-hydroxylation sites is 1. The first-order valence-corrected chi connectivity index (χ1v) is 8.21. The number of fused-ring (bicyclic) bond motifs is 1. The van der Waals surface area contributed by atoms with Gasteiger partial charge in [0.1, 0.15) is 11.8 Å². The van der Waals surface area contributed by atoms with Gasteiger partial charge in [0, 0.05) is 12.1 Å². The molecule has 1 aliphatic heterocycles. The molecular weight excluding hydrogens is 334 g/mol. The summed E-state index contributed by atoms with van der Waals surface area (Å²) in [5.41, 5.74) is 1.52. The topological polar surface area (TPSA) is 96.5 Å². The van der Waals surface area contributed by atoms with E-state index in [9.17, 15) is 14.4 Å². The van der Waals surface area contributed by atoms with E-state index in [1.165, 1.54) is 0 Å². The minimum atomic E-state index is -0.767. The van der Waals surface area contributed by atoms with Crippen molar-refractivity contribution in [1.29, 1.82) is 0 Å². The van der Waals surface area contributed by atoms with Crippen molar-refractivity contribution in [2.24, 2.45) is 0 Å². The summed E-state index contributed by atoms with van der Waals surface area (Å²) < 4.78 is 5.06. The van der Waals surface area contributed by atoms with Crippen LogP contribution >= 0.6 is 0 Å². The van der Waals surface area contributed by atoms with Crippen molar-refractivity contribution in [1.82, 2.24) is 5.32 Å². The summed E-state index contributed by atoms with van der Waals surface area (Å²) in [7, 11) is 1.57. The highest BCUT2D eigenvalue weighted by molar-refractivity contribution is 6.09. The number of carbonyl (C=O) groups excluding carboxylic acids is 3. The lowest BCUT2D eigenvalue weighted by Crippen LogP contribution is -2.41. The molecule has 0 spiro atoms. The summed E-state index contributed by atoms with van der Waals surface area (Å²) in [5.74, 6) is -0.209. The molecule has 1 atom stereocenters. The largest absolute Gasteiger partial charge is 0.497 e. The lowest BCUT2D eigenvalue weighted by molar-refractivity contribution is -0.118. The molecule has 0 aromatic heterocycles. The third-order valence-corrected chi connectivity index (χ3v) is 4.09. The minimum absolute atomic E-state index is 0.0980. The zero-order valence-electron chi connectivity index (χ0n) is 14.2. The lowest BCUT2D eigenvalue weighted by atomic mass is 10.1. The predicted octanol–water partition coefficient (Wildman–Crippen LogP) is 2.16. The van der Waals surface area contributed by atoms with Crippen LogP contribution in [0.15, 0.2) is 48.5 Å². The lowest BCUT2D eigenvalue weighted by Gasteiger charge is -2.14. The Kier molecular flexibility index (Phi) is 5.17. The van der Waals surface area contributed by atoms with E-state index in [-0.39, 0.29) is 30.6 Å². The third-order valence-electron chi connectivity index (χ3n) is 4.09. The second kappa shape index (κ2) is 7.69. The summed E-state index contributed by atoms with van der Waals surface area (Å²) in [6.45, 7) is 0. The van der Waals surface area contributed by atoms with Crippen molar-refractivity contribution >= 4 is 29.1 Å². The Labute approximate surface area is 150 Å². The van der Waals surface area contributed by atoms with Crippen molar-refractivity contribution < 1.29 is 19.1 Å². The molecule has 0 saturated heterocycles. The minimum Gasteiger partial charge on any atom is -0.497 e. The molecule has 0 radical (unpaired) electrons. The van der Waals surface area contributed by atoms with E-state index >= 15 is 0 Å². The monoisotopic (exact) mass is 353 g/mol. The first-order chi connectivity index (χ1) is 12.6. The summed E-state index contributed by atoms with van der Waals surface area (Å²) >= 11 is 0. The van der Waals surface area contributed by atoms with E-state index < -0.39 is 6.04 Å². The second-order valence-electron chi connectivity index (χ2n) is 5.88. The SMILES string of the molecule is COc1ccc(NC(=O)CC[C@@H]2NC(=O)c3ccccc3NC2=O)cc1. The predicted molar refractivity (Wildman–Crippen MR) is 97.2 cm³/mol. The number of hydrogen-bond acceptors (Lipinski definition) is 4. The van der Waals surface area contributed by atoms with Gasteiger partial charge in [-0.3, -0.25) is 14.4 Å². The van der Waals surface area contributed by atoms with Crippen LogP contribution in [0.2, 0.25) is 0 Å². The van der Waals surface area contributed by atoms with Gasteiger partial charge in [0.25, 0.3) is 5.91 Å². The van der Waals surface area contributed by atoms with Crippen LogP contribution in [0.5, 0.6) is 5.75 Å². The van der Waals surface area contributed by atoms with E-state index in [2.05, 4.69) is 16.0 Å². The summed E-state index contributed by atoms with van der Waals surface area (Å²) in [6, 6.07) is 13.0. The van der Waals surface area contributed by atoms with Crippen LogP contribution in [0.4, 0.5) is 11.4 Å². The molecule has 134 valence electrons. The van der Waals surface area contributed by atoms with E-state index in [1.54, 1.807) is 55.6 Å². The maximum absolute atomic E-state index is 12.3. The molecular formula is C19H19N3O4. The Morgan fingerprint density at radius 3 is 2.58 bits per heavy atom. The molecule has 3 rings (SSSR count). The fraction of sp³-hybridized carbons (Fsp3) is 0.211. The molecule has 3 amide bonds. The standard InChI is InChI=1S/C19H19N3O4/c1-26-13-8-6-12(7-9-13)20-17(23)11-10-16-19(25)21-15-5-3-2-4-14(15)18(24)22-16/h2-9,16H,10-11H2,1H3,(H,20,23)(H,21,25)(H,22,24)/t16-/m0/s1. The number of nitrogens with one attached hydrogen (secondary N) is 3. The van der Waals surface area contributed by atoms with Gasteiger partial charge < -0.3 is 20.7 Å². The number of carbonyl (C=O) groups is 3. The first kappa shape index (κ1) is 17.5. The number of amides is 3. The van der Waals surface area contributed by atoms with Gasteiger partial charge in [0.05, 0.1) is 18.4 Å². The Bertz CT molecular complexity index is 833. The average Bonchev–Trinajstić information content (AvgIpc) is 2.77. The van der Waals surface area contributed by atoms with Crippen LogP contribution in [0.3, 0.4) is 0 Å². The number of benzene rings is 2. The van der Waals surface area contributed by atoms with Crippen LogP contribution in [0.1, 0.15) is 23.2 Å².